The number of hydrogen-bond donors (Lipinski definition) is 1. The molecule has 1 N–H and O–H groups in total. The zero-order valence-corrected chi connectivity index (χ0v) is 21.4. The van der Waals surface area contributed by atoms with Gasteiger partial charge in [-0.3, -0.25) is 4.79 Å². The number of nitrogens with zero attached hydrogens (tertiary/aromatic N) is 2. The van der Waals surface area contributed by atoms with E-state index in [0.717, 1.165) is 0 Å². The molecule has 0 aliphatic carbocycles. The molecular formula is C28H37FN2O4. The van der Waals surface area contributed by atoms with E-state index in [1.54, 1.807) is 46.2 Å². The molecule has 35 heavy (non-hydrogen) atoms. The highest BCUT2D eigenvalue weighted by atomic mass is 19.1. The molecular weight excluding hydrogens is 447 g/mol. The summed E-state index contributed by atoms with van der Waals surface area (Å²) in [6.45, 7) is 11.5. The van der Waals surface area contributed by atoms with Crippen molar-refractivity contribution in [2.24, 2.45) is 5.92 Å². The van der Waals surface area contributed by atoms with E-state index in [2.05, 4.69) is 0 Å². The maximum absolute atomic E-state index is 13.7. The number of amides is 2. The number of carbonyl (C=O) groups is 2. The first-order valence-corrected chi connectivity index (χ1v) is 12.4. The summed E-state index contributed by atoms with van der Waals surface area (Å²) < 4.78 is 19.2. The van der Waals surface area contributed by atoms with Gasteiger partial charge in [0.25, 0.3) is 5.91 Å². The van der Waals surface area contributed by atoms with Gasteiger partial charge in [-0.1, -0.05) is 24.3 Å². The lowest BCUT2D eigenvalue weighted by molar-refractivity contribution is -0.0238. The molecule has 1 aliphatic heterocycles. The topological polar surface area (TPSA) is 70.1 Å². The number of likely N-dealkylation sites (tertiary alicyclic amines) is 1. The molecule has 0 aromatic heterocycles. The average Bonchev–Trinajstić information content (AvgIpc) is 2.84. The van der Waals surface area contributed by atoms with Crippen molar-refractivity contribution in [3.05, 3.63) is 71.0 Å². The molecule has 0 saturated carbocycles. The van der Waals surface area contributed by atoms with Gasteiger partial charge in [-0.2, -0.15) is 0 Å². The Morgan fingerprint density at radius 3 is 1.91 bits per heavy atom. The van der Waals surface area contributed by atoms with Gasteiger partial charge in [0.15, 0.2) is 0 Å². The molecule has 2 aromatic carbocycles. The molecule has 1 heterocycles. The summed E-state index contributed by atoms with van der Waals surface area (Å²) in [5.41, 5.74) is -0.204. The van der Waals surface area contributed by atoms with Gasteiger partial charge in [0, 0.05) is 31.7 Å². The van der Waals surface area contributed by atoms with Gasteiger partial charge in [0.05, 0.1) is 0 Å². The lowest BCUT2D eigenvalue weighted by Crippen LogP contribution is -2.47. The fourth-order valence-corrected chi connectivity index (χ4v) is 4.71. The van der Waals surface area contributed by atoms with E-state index in [4.69, 9.17) is 4.74 Å². The highest BCUT2D eigenvalue weighted by Crippen LogP contribution is 2.42. The lowest BCUT2D eigenvalue weighted by Gasteiger charge is -2.42. The van der Waals surface area contributed by atoms with E-state index < -0.39 is 11.2 Å². The van der Waals surface area contributed by atoms with Crippen LogP contribution >= 0.6 is 0 Å². The van der Waals surface area contributed by atoms with Crippen LogP contribution in [0.4, 0.5) is 9.18 Å². The van der Waals surface area contributed by atoms with Gasteiger partial charge in [0.1, 0.15) is 17.0 Å². The van der Waals surface area contributed by atoms with Crippen molar-refractivity contribution in [1.29, 1.82) is 0 Å². The lowest BCUT2D eigenvalue weighted by atomic mass is 9.72. The Morgan fingerprint density at radius 1 is 0.971 bits per heavy atom. The van der Waals surface area contributed by atoms with Gasteiger partial charge in [-0.25, -0.2) is 9.18 Å². The van der Waals surface area contributed by atoms with Gasteiger partial charge < -0.3 is 19.6 Å². The molecule has 190 valence electrons. The maximum Gasteiger partial charge on any atom is 0.410 e. The fraction of sp³-hybridized carbons (Fsp3) is 0.500. The molecule has 6 nitrogen and oxygen atoms in total. The van der Waals surface area contributed by atoms with E-state index >= 15 is 0 Å². The van der Waals surface area contributed by atoms with Crippen LogP contribution in [-0.2, 0) is 10.3 Å². The molecule has 0 spiro atoms. The number of carbonyl (C=O) groups excluding carboxylic acids is 2. The molecule has 0 radical (unpaired) electrons. The number of piperidine rings is 1. The van der Waals surface area contributed by atoms with Crippen LogP contribution < -0.4 is 0 Å². The Morgan fingerprint density at radius 2 is 1.46 bits per heavy atom. The summed E-state index contributed by atoms with van der Waals surface area (Å²) in [5, 5.41) is 12.2. The molecule has 2 amide bonds. The largest absolute Gasteiger partial charge is 0.444 e. The number of aliphatic hydroxyl groups is 1. The maximum atomic E-state index is 13.7. The summed E-state index contributed by atoms with van der Waals surface area (Å²) >= 11 is 0. The number of halogens is 1. The standard InChI is InChI=1S/C28H37FN2O4/c1-6-30(7-2)25(32)20-8-10-21(11-9-20)28(34,22-12-14-24(29)15-13-22)23-16-18-31(19-17-23)26(33)35-27(3,4)5/h8-15,23,34H,6-7,16-19H2,1-5H3. The van der Waals surface area contributed by atoms with Crippen LogP contribution in [0.3, 0.4) is 0 Å². The van der Waals surface area contributed by atoms with E-state index in [1.807, 2.05) is 34.6 Å². The second kappa shape index (κ2) is 10.8. The van der Waals surface area contributed by atoms with Crippen molar-refractivity contribution < 1.29 is 23.8 Å². The Balaban J connectivity index is 1.89. The van der Waals surface area contributed by atoms with Gasteiger partial charge in [0.2, 0.25) is 0 Å². The minimum atomic E-state index is -1.40. The molecule has 2 aromatic rings. The van der Waals surface area contributed by atoms with Gasteiger partial charge in [-0.05, 0) is 88.8 Å². The second-order valence-corrected chi connectivity index (χ2v) is 10.1. The first kappa shape index (κ1) is 26.7. The third kappa shape index (κ3) is 6.01. The Labute approximate surface area is 207 Å². The van der Waals surface area contributed by atoms with E-state index in [1.165, 1.54) is 12.1 Å². The highest BCUT2D eigenvalue weighted by Gasteiger charge is 2.42. The minimum absolute atomic E-state index is 0.0578. The van der Waals surface area contributed by atoms with Crippen molar-refractivity contribution >= 4 is 12.0 Å². The number of rotatable bonds is 6. The Kier molecular flexibility index (Phi) is 8.21. The predicted molar refractivity (Wildman–Crippen MR) is 134 cm³/mol. The number of benzene rings is 2. The van der Waals surface area contributed by atoms with Crippen molar-refractivity contribution in [3.8, 4) is 0 Å². The van der Waals surface area contributed by atoms with Crippen LogP contribution in [0.5, 0.6) is 0 Å². The van der Waals surface area contributed by atoms with E-state index in [9.17, 15) is 19.1 Å². The smallest absolute Gasteiger partial charge is 0.410 e. The van der Waals surface area contributed by atoms with Crippen LogP contribution in [0.25, 0.3) is 0 Å². The molecule has 1 unspecified atom stereocenters. The molecule has 1 aliphatic rings. The summed E-state index contributed by atoms with van der Waals surface area (Å²) in [6.07, 6.45) is 0.737. The summed E-state index contributed by atoms with van der Waals surface area (Å²) in [4.78, 5) is 28.7. The molecule has 0 bridgehead atoms. The van der Waals surface area contributed by atoms with Gasteiger partial charge >= 0.3 is 6.09 Å². The number of ether oxygens (including phenoxy) is 1. The quantitative estimate of drug-likeness (QED) is 0.613. The second-order valence-electron chi connectivity index (χ2n) is 10.1. The van der Waals surface area contributed by atoms with Crippen LogP contribution in [0.15, 0.2) is 48.5 Å². The molecule has 7 heteroatoms. The molecule has 1 fully saturated rings. The fourth-order valence-electron chi connectivity index (χ4n) is 4.71. The monoisotopic (exact) mass is 484 g/mol. The third-order valence-electron chi connectivity index (χ3n) is 6.64. The van der Waals surface area contributed by atoms with Crippen molar-refractivity contribution in [2.75, 3.05) is 26.2 Å². The SMILES string of the molecule is CCN(CC)C(=O)c1ccc(C(O)(c2ccc(F)cc2)C2CCN(C(=O)OC(C)(C)C)CC2)cc1. The van der Waals surface area contributed by atoms with E-state index in [-0.39, 0.29) is 23.7 Å². The van der Waals surface area contributed by atoms with Crippen molar-refractivity contribution in [1.82, 2.24) is 9.80 Å². The summed E-state index contributed by atoms with van der Waals surface area (Å²) in [5.74, 6) is -0.649. The summed E-state index contributed by atoms with van der Waals surface area (Å²) in [7, 11) is 0. The minimum Gasteiger partial charge on any atom is -0.444 e. The van der Waals surface area contributed by atoms with Crippen LogP contribution in [0.2, 0.25) is 0 Å². The zero-order chi connectivity index (χ0) is 25.8. The average molecular weight is 485 g/mol. The van der Waals surface area contributed by atoms with Crippen LogP contribution in [0, 0.1) is 11.7 Å². The zero-order valence-electron chi connectivity index (χ0n) is 21.4. The van der Waals surface area contributed by atoms with Gasteiger partial charge in [-0.15, -0.1) is 0 Å². The Bertz CT molecular complexity index is 1000. The normalized spacial score (nSPS) is 16.5. The summed E-state index contributed by atoms with van der Waals surface area (Å²) in [6, 6.07) is 12.9. The third-order valence-corrected chi connectivity index (χ3v) is 6.64. The van der Waals surface area contributed by atoms with Crippen molar-refractivity contribution in [2.45, 2.75) is 58.7 Å². The molecule has 3 rings (SSSR count). The van der Waals surface area contributed by atoms with E-state index in [0.29, 0.717) is 55.7 Å². The molecule has 1 atom stereocenters. The van der Waals surface area contributed by atoms with Crippen LogP contribution in [-0.4, -0.2) is 58.7 Å². The first-order chi connectivity index (χ1) is 16.5. The first-order valence-electron chi connectivity index (χ1n) is 12.4. The predicted octanol–water partition coefficient (Wildman–Crippen LogP) is 5.19. The molecule has 1 saturated heterocycles. The van der Waals surface area contributed by atoms with Crippen molar-refractivity contribution in [3.63, 3.8) is 0 Å². The van der Waals surface area contributed by atoms with Crippen LogP contribution in [0.1, 0.15) is 68.9 Å². The Hall–Kier alpha value is -2.93. The number of hydrogen-bond acceptors (Lipinski definition) is 4. The highest BCUT2D eigenvalue weighted by molar-refractivity contribution is 5.94.